The first kappa shape index (κ1) is 14.9. The lowest BCUT2D eigenvalue weighted by atomic mass is 10.3. The summed E-state index contributed by atoms with van der Waals surface area (Å²) in [5.41, 5.74) is 1.54. The van der Waals surface area contributed by atoms with Gasteiger partial charge in [-0.2, -0.15) is 0 Å². The molecular weight excluding hydrogens is 204 g/mol. The second-order valence-corrected chi connectivity index (χ2v) is 3.73. The van der Waals surface area contributed by atoms with Crippen LogP contribution in [-0.4, -0.2) is 24.6 Å². The van der Waals surface area contributed by atoms with Crippen LogP contribution in [0.1, 0.15) is 53.4 Å². The van der Waals surface area contributed by atoms with Gasteiger partial charge in [-0.15, -0.1) is 0 Å². The molecule has 0 rings (SSSR count). The van der Waals surface area contributed by atoms with E-state index in [9.17, 15) is 0 Å². The third kappa shape index (κ3) is 8.26. The zero-order valence-electron chi connectivity index (χ0n) is 11.0. The summed E-state index contributed by atoms with van der Waals surface area (Å²) in [4.78, 5) is 10.3. The van der Waals surface area contributed by atoms with Gasteiger partial charge in [-0.05, 0) is 26.7 Å². The van der Waals surface area contributed by atoms with Crippen LogP contribution < -0.4 is 0 Å². The van der Waals surface area contributed by atoms with Crippen molar-refractivity contribution in [3.05, 3.63) is 0 Å². The second kappa shape index (κ2) is 10.5. The van der Waals surface area contributed by atoms with Crippen molar-refractivity contribution in [1.82, 2.24) is 0 Å². The van der Waals surface area contributed by atoms with Gasteiger partial charge >= 0.3 is 0 Å². The predicted octanol–water partition coefficient (Wildman–Crippen LogP) is 3.37. The molecule has 0 unspecified atom stereocenters. The van der Waals surface area contributed by atoms with Crippen LogP contribution in [0.2, 0.25) is 0 Å². The van der Waals surface area contributed by atoms with Crippen LogP contribution in [0, 0.1) is 0 Å². The van der Waals surface area contributed by atoms with Gasteiger partial charge in [-0.3, -0.25) is 0 Å². The van der Waals surface area contributed by atoms with Gasteiger partial charge in [0.05, 0.1) is 0 Å². The summed E-state index contributed by atoms with van der Waals surface area (Å²) in [7, 11) is 0. The van der Waals surface area contributed by atoms with Crippen molar-refractivity contribution in [1.29, 1.82) is 0 Å². The van der Waals surface area contributed by atoms with Crippen molar-refractivity contribution in [2.75, 3.05) is 13.2 Å². The Labute approximate surface area is 98.7 Å². The lowest BCUT2D eigenvalue weighted by Gasteiger charge is -2.02. The molecule has 0 bridgehead atoms. The minimum absolute atomic E-state index is 0.664. The Morgan fingerprint density at radius 2 is 1.19 bits per heavy atom. The zero-order chi connectivity index (χ0) is 12.2. The Kier molecular flexibility index (Phi) is 9.76. The lowest BCUT2D eigenvalue weighted by Crippen LogP contribution is -2.07. The molecule has 0 spiro atoms. The fourth-order valence-corrected chi connectivity index (χ4v) is 0.835. The lowest BCUT2D eigenvalue weighted by molar-refractivity contribution is 0.138. The second-order valence-electron chi connectivity index (χ2n) is 3.73. The summed E-state index contributed by atoms with van der Waals surface area (Å²) in [6.45, 7) is 9.31. The maximum atomic E-state index is 5.14. The topological polar surface area (TPSA) is 43.2 Å². The van der Waals surface area contributed by atoms with Crippen molar-refractivity contribution in [2.45, 2.75) is 53.4 Å². The number of hydrogen-bond acceptors (Lipinski definition) is 4. The molecule has 0 aromatic heterocycles. The average molecular weight is 228 g/mol. The molecular formula is C12H24N2O2. The standard InChI is InChI=1S/C12H24N2O2/c1-5-7-9-15-13-11(3)12(4)14-16-10-8-6-2/h5-10H2,1-4H3. The first-order valence-corrected chi connectivity index (χ1v) is 6.05. The van der Waals surface area contributed by atoms with E-state index in [0.717, 1.165) is 37.1 Å². The fourth-order valence-electron chi connectivity index (χ4n) is 0.835. The maximum Gasteiger partial charge on any atom is 0.117 e. The number of hydrogen-bond donors (Lipinski definition) is 0. The summed E-state index contributed by atoms with van der Waals surface area (Å²) < 4.78 is 0. The van der Waals surface area contributed by atoms with E-state index in [2.05, 4.69) is 24.2 Å². The molecule has 0 N–H and O–H groups in total. The Bertz CT molecular complexity index is 201. The summed E-state index contributed by atoms with van der Waals surface area (Å²) in [5, 5.41) is 7.93. The van der Waals surface area contributed by atoms with Crippen molar-refractivity contribution in [3.63, 3.8) is 0 Å². The van der Waals surface area contributed by atoms with Crippen LogP contribution in [0.15, 0.2) is 10.3 Å². The normalized spacial score (nSPS) is 12.8. The number of unbranched alkanes of at least 4 members (excludes halogenated alkanes) is 2. The van der Waals surface area contributed by atoms with Crippen LogP contribution in [0.4, 0.5) is 0 Å². The predicted molar refractivity (Wildman–Crippen MR) is 67.9 cm³/mol. The quantitative estimate of drug-likeness (QED) is 0.345. The van der Waals surface area contributed by atoms with E-state index in [1.807, 2.05) is 13.8 Å². The van der Waals surface area contributed by atoms with Crippen LogP contribution in [0.3, 0.4) is 0 Å². The molecule has 94 valence electrons. The van der Waals surface area contributed by atoms with Gasteiger partial charge in [0.1, 0.15) is 24.6 Å². The summed E-state index contributed by atoms with van der Waals surface area (Å²) >= 11 is 0. The molecule has 16 heavy (non-hydrogen) atoms. The molecule has 4 nitrogen and oxygen atoms in total. The van der Waals surface area contributed by atoms with E-state index >= 15 is 0 Å². The number of rotatable bonds is 9. The van der Waals surface area contributed by atoms with Crippen molar-refractivity contribution < 1.29 is 9.68 Å². The largest absolute Gasteiger partial charge is 0.396 e. The summed E-state index contributed by atoms with van der Waals surface area (Å²) in [6.07, 6.45) is 4.28. The van der Waals surface area contributed by atoms with Crippen LogP contribution in [0.5, 0.6) is 0 Å². The van der Waals surface area contributed by atoms with Gasteiger partial charge in [0, 0.05) is 0 Å². The van der Waals surface area contributed by atoms with E-state index < -0.39 is 0 Å². The first-order chi connectivity index (χ1) is 7.72. The molecule has 0 aliphatic carbocycles. The fraction of sp³-hybridized carbons (Fsp3) is 0.833. The number of nitrogens with zero attached hydrogens (tertiary/aromatic N) is 2. The molecule has 0 radical (unpaired) electrons. The highest BCUT2D eigenvalue weighted by Gasteiger charge is 1.98. The number of oxime groups is 2. The van der Waals surface area contributed by atoms with Gasteiger partial charge in [0.2, 0.25) is 0 Å². The van der Waals surface area contributed by atoms with E-state index in [0.29, 0.717) is 13.2 Å². The molecule has 4 heteroatoms. The van der Waals surface area contributed by atoms with E-state index in [1.54, 1.807) is 0 Å². The van der Waals surface area contributed by atoms with Crippen LogP contribution >= 0.6 is 0 Å². The molecule has 0 aromatic carbocycles. The molecule has 0 aliphatic rings. The monoisotopic (exact) mass is 228 g/mol. The molecule has 0 saturated carbocycles. The first-order valence-electron chi connectivity index (χ1n) is 6.05. The maximum absolute atomic E-state index is 5.14. The van der Waals surface area contributed by atoms with Crippen LogP contribution in [0.25, 0.3) is 0 Å². The SMILES string of the molecule is CCCCON=C(C)C(C)=NOCCCC. The molecule has 0 aromatic rings. The Morgan fingerprint density at radius 1 is 0.812 bits per heavy atom. The highest BCUT2D eigenvalue weighted by atomic mass is 16.6. The third-order valence-corrected chi connectivity index (χ3v) is 2.10. The zero-order valence-corrected chi connectivity index (χ0v) is 11.0. The molecule has 0 amide bonds. The van der Waals surface area contributed by atoms with E-state index in [-0.39, 0.29) is 0 Å². The molecule has 0 fully saturated rings. The Morgan fingerprint density at radius 3 is 1.50 bits per heavy atom. The van der Waals surface area contributed by atoms with Gasteiger partial charge in [0.15, 0.2) is 0 Å². The van der Waals surface area contributed by atoms with Crippen molar-refractivity contribution >= 4 is 11.4 Å². The van der Waals surface area contributed by atoms with Gasteiger partial charge in [0.25, 0.3) is 0 Å². The molecule has 0 saturated heterocycles. The smallest absolute Gasteiger partial charge is 0.117 e. The summed E-state index contributed by atoms with van der Waals surface area (Å²) in [5.74, 6) is 0. The Balaban J connectivity index is 3.81. The van der Waals surface area contributed by atoms with E-state index in [4.69, 9.17) is 9.68 Å². The molecule has 0 atom stereocenters. The third-order valence-electron chi connectivity index (χ3n) is 2.10. The minimum Gasteiger partial charge on any atom is -0.396 e. The van der Waals surface area contributed by atoms with Gasteiger partial charge < -0.3 is 9.68 Å². The summed E-state index contributed by atoms with van der Waals surface area (Å²) in [6, 6.07) is 0. The van der Waals surface area contributed by atoms with Crippen molar-refractivity contribution in [2.24, 2.45) is 10.3 Å². The molecule has 0 aliphatic heterocycles. The average Bonchev–Trinajstić information content (AvgIpc) is 2.29. The molecule has 0 heterocycles. The van der Waals surface area contributed by atoms with Gasteiger partial charge in [-0.1, -0.05) is 37.0 Å². The van der Waals surface area contributed by atoms with Gasteiger partial charge in [-0.25, -0.2) is 0 Å². The highest BCUT2D eigenvalue weighted by Crippen LogP contribution is 1.93. The van der Waals surface area contributed by atoms with Crippen molar-refractivity contribution in [3.8, 4) is 0 Å². The Hall–Kier alpha value is -1.06. The highest BCUT2D eigenvalue weighted by molar-refractivity contribution is 6.40. The van der Waals surface area contributed by atoms with Crippen LogP contribution in [-0.2, 0) is 9.68 Å². The minimum atomic E-state index is 0.664. The van der Waals surface area contributed by atoms with E-state index in [1.165, 1.54) is 0 Å².